The molecule has 0 aliphatic rings. The van der Waals surface area contributed by atoms with Crippen LogP contribution in [0.15, 0.2) is 85.1 Å². The van der Waals surface area contributed by atoms with Crippen LogP contribution in [0.2, 0.25) is 0 Å². The highest BCUT2D eigenvalue weighted by Crippen LogP contribution is 2.22. The number of carbonyl (C=O) groups excluding carboxylic acids is 2. The van der Waals surface area contributed by atoms with Crippen LogP contribution in [0, 0.1) is 0 Å². The van der Waals surface area contributed by atoms with E-state index in [2.05, 4.69) is 4.98 Å². The summed E-state index contributed by atoms with van der Waals surface area (Å²) in [6.45, 7) is -0.581. The molecule has 0 aliphatic heterocycles. The summed E-state index contributed by atoms with van der Waals surface area (Å²) in [6, 6.07) is 25.1. The molecule has 4 rings (SSSR count). The Balaban J connectivity index is 1.33. The number of hydrogen-bond acceptors (Lipinski definition) is 4. The van der Waals surface area contributed by atoms with Gasteiger partial charge in [0.25, 0.3) is 0 Å². The summed E-state index contributed by atoms with van der Waals surface area (Å²) in [5.74, 6) is -0.218. The van der Waals surface area contributed by atoms with Gasteiger partial charge in [0.2, 0.25) is 5.78 Å². The van der Waals surface area contributed by atoms with Crippen molar-refractivity contribution in [3.05, 3.63) is 102 Å². The average Bonchev–Trinajstić information content (AvgIpc) is 3.22. The molecule has 1 heterocycles. The Labute approximate surface area is 174 Å². The molecule has 0 saturated carbocycles. The summed E-state index contributed by atoms with van der Waals surface area (Å²) in [5.41, 5.74) is 3.50. The molecule has 0 aliphatic carbocycles. The first kappa shape index (κ1) is 19.5. The van der Waals surface area contributed by atoms with Gasteiger partial charge < -0.3 is 14.5 Å². The van der Waals surface area contributed by atoms with Crippen LogP contribution in [0.4, 0.5) is 0 Å². The van der Waals surface area contributed by atoms with Crippen LogP contribution in [-0.2, 0) is 16.0 Å². The molecule has 1 N–H and O–H groups in total. The minimum atomic E-state index is -0.585. The molecule has 0 amide bonds. The first-order valence-electron chi connectivity index (χ1n) is 9.70. The Hall–Kier alpha value is -3.86. The topological polar surface area (TPSA) is 68.4 Å². The first-order chi connectivity index (χ1) is 14.7. The maximum Gasteiger partial charge on any atom is 0.344 e. The van der Waals surface area contributed by atoms with Gasteiger partial charge in [0.05, 0.1) is 0 Å². The Morgan fingerprint density at radius 1 is 0.800 bits per heavy atom. The first-order valence-corrected chi connectivity index (χ1v) is 9.70. The molecule has 5 heteroatoms. The molecule has 0 unspecified atom stereocenters. The number of carbonyl (C=O) groups is 2. The summed E-state index contributed by atoms with van der Waals surface area (Å²) in [5, 5.41) is 0.810. The fourth-order valence-corrected chi connectivity index (χ4v) is 3.31. The molecule has 0 saturated heterocycles. The molecule has 0 fully saturated rings. The van der Waals surface area contributed by atoms with Gasteiger partial charge in [-0.3, -0.25) is 4.79 Å². The molecule has 0 spiro atoms. The number of ether oxygens (including phenoxy) is 2. The van der Waals surface area contributed by atoms with E-state index in [4.69, 9.17) is 9.47 Å². The van der Waals surface area contributed by atoms with Crippen LogP contribution >= 0.6 is 0 Å². The van der Waals surface area contributed by atoms with E-state index in [-0.39, 0.29) is 19.0 Å². The predicted octanol–water partition coefficient (Wildman–Crippen LogP) is 4.56. The monoisotopic (exact) mass is 399 g/mol. The number of Topliss-reactive ketones (excluding diaryl/α,β-unsaturated/α-hetero) is 1. The Bertz CT molecular complexity index is 1160. The second-order valence-electron chi connectivity index (χ2n) is 6.89. The summed E-state index contributed by atoms with van der Waals surface area (Å²) in [4.78, 5) is 27.6. The van der Waals surface area contributed by atoms with Gasteiger partial charge in [-0.2, -0.15) is 0 Å². The normalized spacial score (nSPS) is 10.7. The molecule has 150 valence electrons. The van der Waals surface area contributed by atoms with Crippen molar-refractivity contribution in [2.75, 3.05) is 13.2 Å². The molecule has 0 bridgehead atoms. The van der Waals surface area contributed by atoms with Gasteiger partial charge in [-0.1, -0.05) is 66.7 Å². The minimum absolute atomic E-state index is 0.257. The van der Waals surface area contributed by atoms with Crippen LogP contribution in [0.5, 0.6) is 5.75 Å². The Kier molecular flexibility index (Phi) is 5.90. The number of benzene rings is 3. The molecule has 30 heavy (non-hydrogen) atoms. The number of rotatable bonds is 8. The zero-order valence-corrected chi connectivity index (χ0v) is 16.3. The number of H-pyrrole nitrogens is 1. The zero-order chi connectivity index (χ0) is 20.8. The number of para-hydroxylation sites is 2. The fraction of sp³-hybridized carbons (Fsp3) is 0.120. The van der Waals surface area contributed by atoms with Crippen LogP contribution in [0.3, 0.4) is 0 Å². The molecule has 0 atom stereocenters. The van der Waals surface area contributed by atoms with Crippen molar-refractivity contribution < 1.29 is 19.1 Å². The molecule has 5 nitrogen and oxygen atoms in total. The summed E-state index contributed by atoms with van der Waals surface area (Å²) >= 11 is 0. The fourth-order valence-electron chi connectivity index (χ4n) is 3.31. The highest BCUT2D eigenvalue weighted by molar-refractivity contribution is 6.08. The van der Waals surface area contributed by atoms with Crippen LogP contribution in [0.25, 0.3) is 10.9 Å². The molecule has 0 radical (unpaired) electrons. The van der Waals surface area contributed by atoms with Gasteiger partial charge in [-0.05, 0) is 23.3 Å². The van der Waals surface area contributed by atoms with E-state index < -0.39 is 5.97 Å². The largest absolute Gasteiger partial charge is 0.482 e. The lowest BCUT2D eigenvalue weighted by Crippen LogP contribution is -2.19. The number of ketones is 1. The summed E-state index contributed by atoms with van der Waals surface area (Å²) in [6.07, 6.45) is 2.34. The SMILES string of the molecule is O=C(COc1ccccc1Cc1ccccc1)OCC(=O)c1c[nH]c2ccccc12. The van der Waals surface area contributed by atoms with Crippen LogP contribution in [0.1, 0.15) is 21.5 Å². The minimum Gasteiger partial charge on any atom is -0.482 e. The molecule has 1 aromatic heterocycles. The van der Waals surface area contributed by atoms with Crippen LogP contribution < -0.4 is 4.74 Å². The summed E-state index contributed by atoms with van der Waals surface area (Å²) in [7, 11) is 0. The highest BCUT2D eigenvalue weighted by Gasteiger charge is 2.15. The number of fused-ring (bicyclic) bond motifs is 1. The lowest BCUT2D eigenvalue weighted by Gasteiger charge is -2.11. The average molecular weight is 399 g/mol. The van der Waals surface area contributed by atoms with E-state index in [1.807, 2.05) is 78.9 Å². The van der Waals surface area contributed by atoms with E-state index in [0.717, 1.165) is 22.0 Å². The number of nitrogens with one attached hydrogen (secondary N) is 1. The van der Waals surface area contributed by atoms with Crippen molar-refractivity contribution in [3.8, 4) is 5.75 Å². The van der Waals surface area contributed by atoms with Crippen molar-refractivity contribution in [1.29, 1.82) is 0 Å². The van der Waals surface area contributed by atoms with Crippen molar-refractivity contribution in [3.63, 3.8) is 0 Å². The van der Waals surface area contributed by atoms with E-state index >= 15 is 0 Å². The van der Waals surface area contributed by atoms with Crippen LogP contribution in [-0.4, -0.2) is 30.0 Å². The van der Waals surface area contributed by atoms with E-state index in [9.17, 15) is 9.59 Å². The zero-order valence-electron chi connectivity index (χ0n) is 16.3. The lowest BCUT2D eigenvalue weighted by atomic mass is 10.0. The number of esters is 1. The predicted molar refractivity (Wildman–Crippen MR) is 115 cm³/mol. The van der Waals surface area contributed by atoms with Gasteiger partial charge in [-0.25, -0.2) is 4.79 Å². The smallest absolute Gasteiger partial charge is 0.344 e. The number of aromatic nitrogens is 1. The number of aromatic amines is 1. The molecular weight excluding hydrogens is 378 g/mol. The quantitative estimate of drug-likeness (QED) is 0.348. The number of hydrogen-bond donors (Lipinski definition) is 1. The van der Waals surface area contributed by atoms with Crippen molar-refractivity contribution in [2.24, 2.45) is 0 Å². The van der Waals surface area contributed by atoms with Gasteiger partial charge >= 0.3 is 5.97 Å². The maximum atomic E-state index is 12.4. The Morgan fingerprint density at radius 3 is 2.40 bits per heavy atom. The van der Waals surface area contributed by atoms with Gasteiger partial charge in [0.1, 0.15) is 5.75 Å². The molecule has 4 aromatic rings. The highest BCUT2D eigenvalue weighted by atomic mass is 16.6. The summed E-state index contributed by atoms with van der Waals surface area (Å²) < 4.78 is 10.8. The molecule has 3 aromatic carbocycles. The second-order valence-corrected chi connectivity index (χ2v) is 6.89. The maximum absolute atomic E-state index is 12.4. The van der Waals surface area contributed by atoms with E-state index in [0.29, 0.717) is 17.7 Å². The third-order valence-corrected chi connectivity index (χ3v) is 4.81. The van der Waals surface area contributed by atoms with Crippen molar-refractivity contribution in [1.82, 2.24) is 4.98 Å². The lowest BCUT2D eigenvalue weighted by molar-refractivity contribution is -0.144. The van der Waals surface area contributed by atoms with Gasteiger partial charge in [0, 0.05) is 29.1 Å². The molecular formula is C25H21NO4. The Morgan fingerprint density at radius 2 is 1.53 bits per heavy atom. The van der Waals surface area contributed by atoms with Crippen molar-refractivity contribution in [2.45, 2.75) is 6.42 Å². The third-order valence-electron chi connectivity index (χ3n) is 4.81. The van der Waals surface area contributed by atoms with Gasteiger partial charge in [-0.15, -0.1) is 0 Å². The van der Waals surface area contributed by atoms with E-state index in [1.54, 1.807) is 6.20 Å². The third kappa shape index (κ3) is 4.58. The second kappa shape index (κ2) is 9.09. The van der Waals surface area contributed by atoms with Crippen molar-refractivity contribution >= 4 is 22.7 Å². The van der Waals surface area contributed by atoms with E-state index in [1.165, 1.54) is 0 Å². The van der Waals surface area contributed by atoms with Gasteiger partial charge in [0.15, 0.2) is 13.2 Å². The standard InChI is InChI=1S/C25H21NO4/c27-23(21-15-26-22-12-6-5-11-20(21)22)16-30-25(28)17-29-24-13-7-4-10-19(24)14-18-8-2-1-3-9-18/h1-13,15,26H,14,16-17H2.